The summed E-state index contributed by atoms with van der Waals surface area (Å²) in [5.74, 6) is -0.0104. The summed E-state index contributed by atoms with van der Waals surface area (Å²) in [6, 6.07) is 16.3. The van der Waals surface area contributed by atoms with Crippen LogP contribution in [0.3, 0.4) is 0 Å². The maximum Gasteiger partial charge on any atom is 0.254 e. The third-order valence-corrected chi connectivity index (χ3v) is 8.62. The summed E-state index contributed by atoms with van der Waals surface area (Å²) < 4.78 is 5.26. The number of benzene rings is 2. The Hall–Kier alpha value is -3.71. The molecule has 7 heteroatoms. The van der Waals surface area contributed by atoms with E-state index in [1.54, 1.807) is 13.3 Å². The van der Waals surface area contributed by atoms with Crippen molar-refractivity contribution in [2.45, 2.75) is 64.8 Å². The molecule has 0 spiro atoms. The molecule has 2 aromatic carbocycles. The standard InChI is InChI=1S/C35H44N4O3/c1-27-31(14-11-15-32(27)37-19-8-6-9-20-37)35(41)38-21-7-4-3-5-10-22-39(34(40)26-42-2)33-17-16-28(23-30(33)25-38)29-13-12-18-36-24-29/h11-18,23-24H,3-10,19-22,25-26H2,1-2H3. The minimum Gasteiger partial charge on any atom is -0.375 e. The van der Waals surface area contributed by atoms with Gasteiger partial charge in [-0.3, -0.25) is 14.6 Å². The largest absolute Gasteiger partial charge is 0.375 e. The van der Waals surface area contributed by atoms with Crippen LogP contribution < -0.4 is 9.80 Å². The van der Waals surface area contributed by atoms with E-state index in [0.29, 0.717) is 19.6 Å². The highest BCUT2D eigenvalue weighted by atomic mass is 16.5. The Kier molecular flexibility index (Phi) is 10.2. The molecule has 1 fully saturated rings. The van der Waals surface area contributed by atoms with Gasteiger partial charge >= 0.3 is 0 Å². The third-order valence-electron chi connectivity index (χ3n) is 8.62. The van der Waals surface area contributed by atoms with Gasteiger partial charge < -0.3 is 19.4 Å². The minimum atomic E-state index is -0.0621. The van der Waals surface area contributed by atoms with Crippen LogP contribution in [-0.4, -0.2) is 61.6 Å². The summed E-state index contributed by atoms with van der Waals surface area (Å²) >= 11 is 0. The molecule has 222 valence electrons. The summed E-state index contributed by atoms with van der Waals surface area (Å²) in [5, 5.41) is 0. The van der Waals surface area contributed by atoms with Gasteiger partial charge in [0, 0.05) is 69.2 Å². The second-order valence-electron chi connectivity index (χ2n) is 11.6. The van der Waals surface area contributed by atoms with E-state index in [0.717, 1.165) is 78.7 Å². The van der Waals surface area contributed by atoms with Crippen molar-refractivity contribution < 1.29 is 14.3 Å². The first-order valence-electron chi connectivity index (χ1n) is 15.5. The van der Waals surface area contributed by atoms with Crippen molar-refractivity contribution in [3.63, 3.8) is 0 Å². The van der Waals surface area contributed by atoms with Crippen molar-refractivity contribution >= 4 is 23.2 Å². The lowest BCUT2D eigenvalue weighted by atomic mass is 9.99. The van der Waals surface area contributed by atoms with Gasteiger partial charge in [0.05, 0.1) is 0 Å². The molecule has 2 aliphatic rings. The van der Waals surface area contributed by atoms with Crippen LogP contribution in [0.5, 0.6) is 0 Å². The molecule has 0 N–H and O–H groups in total. The summed E-state index contributed by atoms with van der Waals surface area (Å²) in [7, 11) is 1.56. The van der Waals surface area contributed by atoms with Gasteiger partial charge in [0.25, 0.3) is 11.8 Å². The van der Waals surface area contributed by atoms with Gasteiger partial charge in [-0.25, -0.2) is 0 Å². The molecule has 5 rings (SSSR count). The van der Waals surface area contributed by atoms with Crippen LogP contribution in [0.4, 0.5) is 11.4 Å². The van der Waals surface area contributed by atoms with Crippen LogP contribution in [0.1, 0.15) is 72.9 Å². The van der Waals surface area contributed by atoms with Gasteiger partial charge in [-0.05, 0) is 91.6 Å². The van der Waals surface area contributed by atoms with Gasteiger partial charge in [0.15, 0.2) is 0 Å². The first-order chi connectivity index (χ1) is 20.6. The number of anilines is 2. The van der Waals surface area contributed by atoms with Gasteiger partial charge in [-0.1, -0.05) is 37.5 Å². The second-order valence-corrected chi connectivity index (χ2v) is 11.6. The fraction of sp³-hybridized carbons (Fsp3) is 0.457. The number of nitrogens with zero attached hydrogens (tertiary/aromatic N) is 4. The highest BCUT2D eigenvalue weighted by Gasteiger charge is 2.25. The fourth-order valence-corrected chi connectivity index (χ4v) is 6.33. The number of carbonyl (C=O) groups excluding carboxylic acids is 2. The summed E-state index contributed by atoms with van der Waals surface area (Å²) in [6.45, 7) is 5.92. The van der Waals surface area contributed by atoms with Crippen molar-refractivity contribution in [1.29, 1.82) is 0 Å². The summed E-state index contributed by atoms with van der Waals surface area (Å²) in [6.07, 6.45) is 12.4. The lowest BCUT2D eigenvalue weighted by molar-refractivity contribution is -0.122. The highest BCUT2D eigenvalue weighted by molar-refractivity contribution is 5.98. The molecule has 7 nitrogen and oxygen atoms in total. The number of hydrogen-bond acceptors (Lipinski definition) is 5. The van der Waals surface area contributed by atoms with E-state index in [2.05, 4.69) is 28.9 Å². The molecule has 3 heterocycles. The number of methoxy groups -OCH3 is 1. The Labute approximate surface area is 250 Å². The Bertz CT molecular complexity index is 1350. The zero-order valence-corrected chi connectivity index (χ0v) is 25.2. The number of rotatable bonds is 5. The molecule has 0 radical (unpaired) electrons. The van der Waals surface area contributed by atoms with Crippen molar-refractivity contribution in [3.8, 4) is 11.1 Å². The average Bonchev–Trinajstić information content (AvgIpc) is 3.02. The maximum atomic E-state index is 14.4. The van der Waals surface area contributed by atoms with Gasteiger partial charge in [0.2, 0.25) is 0 Å². The smallest absolute Gasteiger partial charge is 0.254 e. The van der Waals surface area contributed by atoms with Gasteiger partial charge in [0.1, 0.15) is 6.61 Å². The monoisotopic (exact) mass is 568 g/mol. The molecular formula is C35H44N4O3. The molecule has 0 bridgehead atoms. The van der Waals surface area contributed by atoms with E-state index < -0.39 is 0 Å². The number of piperidine rings is 1. The molecule has 1 aromatic heterocycles. The van der Waals surface area contributed by atoms with E-state index in [1.165, 1.54) is 24.9 Å². The van der Waals surface area contributed by atoms with Crippen molar-refractivity contribution in [1.82, 2.24) is 9.88 Å². The predicted molar refractivity (Wildman–Crippen MR) is 169 cm³/mol. The molecule has 0 unspecified atom stereocenters. The Morgan fingerprint density at radius 3 is 2.31 bits per heavy atom. The molecule has 1 saturated heterocycles. The van der Waals surface area contributed by atoms with Gasteiger partial charge in [-0.2, -0.15) is 0 Å². The molecule has 2 aliphatic heterocycles. The molecule has 3 aromatic rings. The Balaban J connectivity index is 1.54. The van der Waals surface area contributed by atoms with Crippen LogP contribution in [0.25, 0.3) is 11.1 Å². The van der Waals surface area contributed by atoms with Crippen LogP contribution in [0, 0.1) is 6.92 Å². The number of carbonyl (C=O) groups is 2. The van der Waals surface area contributed by atoms with Crippen LogP contribution >= 0.6 is 0 Å². The lowest BCUT2D eigenvalue weighted by Crippen LogP contribution is -2.37. The van der Waals surface area contributed by atoms with Gasteiger partial charge in [-0.15, -0.1) is 0 Å². The van der Waals surface area contributed by atoms with Crippen molar-refractivity contribution in [2.75, 3.05) is 49.7 Å². The highest BCUT2D eigenvalue weighted by Crippen LogP contribution is 2.32. The molecule has 2 amide bonds. The molecular weight excluding hydrogens is 524 g/mol. The quantitative estimate of drug-likeness (QED) is 0.346. The van der Waals surface area contributed by atoms with E-state index in [4.69, 9.17) is 4.74 Å². The fourth-order valence-electron chi connectivity index (χ4n) is 6.33. The normalized spacial score (nSPS) is 16.8. The van der Waals surface area contributed by atoms with Crippen molar-refractivity contribution in [3.05, 3.63) is 77.6 Å². The van der Waals surface area contributed by atoms with E-state index in [-0.39, 0.29) is 18.4 Å². The van der Waals surface area contributed by atoms with E-state index in [9.17, 15) is 9.59 Å². The number of pyridine rings is 1. The van der Waals surface area contributed by atoms with Crippen LogP contribution in [0.2, 0.25) is 0 Å². The Morgan fingerprint density at radius 1 is 0.810 bits per heavy atom. The summed E-state index contributed by atoms with van der Waals surface area (Å²) in [5.41, 5.74) is 6.82. The first-order valence-corrected chi connectivity index (χ1v) is 15.5. The van der Waals surface area contributed by atoms with Crippen molar-refractivity contribution in [2.24, 2.45) is 0 Å². The average molecular weight is 569 g/mol. The molecule has 0 aliphatic carbocycles. The molecule has 0 atom stereocenters. The number of amides is 2. The second kappa shape index (κ2) is 14.5. The van der Waals surface area contributed by atoms with E-state index in [1.807, 2.05) is 52.4 Å². The minimum absolute atomic E-state index is 0.0227. The lowest BCUT2D eigenvalue weighted by Gasteiger charge is -2.32. The summed E-state index contributed by atoms with van der Waals surface area (Å²) in [4.78, 5) is 38.3. The first kappa shape index (κ1) is 29.8. The predicted octanol–water partition coefficient (Wildman–Crippen LogP) is 6.63. The van der Waals surface area contributed by atoms with Crippen LogP contribution in [0.15, 0.2) is 60.9 Å². The number of fused-ring (bicyclic) bond motifs is 1. The van der Waals surface area contributed by atoms with E-state index >= 15 is 0 Å². The molecule has 0 saturated carbocycles. The topological polar surface area (TPSA) is 66.0 Å². The molecule has 42 heavy (non-hydrogen) atoms. The number of hydrogen-bond donors (Lipinski definition) is 0. The zero-order chi connectivity index (χ0) is 29.3. The third kappa shape index (κ3) is 7.01. The number of aromatic nitrogens is 1. The Morgan fingerprint density at radius 2 is 1.55 bits per heavy atom. The van der Waals surface area contributed by atoms with Crippen LogP contribution in [-0.2, 0) is 16.1 Å². The maximum absolute atomic E-state index is 14.4. The zero-order valence-electron chi connectivity index (χ0n) is 25.2. The number of ether oxygens (including phenoxy) is 1. The SMILES string of the molecule is COCC(=O)N1CCCCCCCN(C(=O)c2cccc(N3CCCCC3)c2C)Cc2cc(-c3cccnc3)ccc21.